The van der Waals surface area contributed by atoms with E-state index in [2.05, 4.69) is 16.0 Å². The Morgan fingerprint density at radius 3 is 2.15 bits per heavy atom. The number of amides is 3. The van der Waals surface area contributed by atoms with Crippen molar-refractivity contribution in [2.24, 2.45) is 5.92 Å². The standard InChI is InChI=1S/C13H25N3O4/c1-5-9(4)15-10(17)6-7-14-13(20)16-11(8(2)3)12(18)19/h8-9,11H,5-7H2,1-4H3,(H,15,17)(H,18,19)(H2,14,16,20)/t9?,11-/m0/s1. The fraction of sp³-hybridized carbons (Fsp3) is 0.769. The molecule has 0 rings (SSSR count). The number of urea groups is 1. The molecule has 0 aliphatic rings. The van der Waals surface area contributed by atoms with Crippen molar-refractivity contribution in [3.05, 3.63) is 0 Å². The number of carboxylic acid groups (broad SMARTS) is 1. The number of hydrogen-bond donors (Lipinski definition) is 4. The maximum Gasteiger partial charge on any atom is 0.326 e. The molecule has 116 valence electrons. The summed E-state index contributed by atoms with van der Waals surface area (Å²) in [7, 11) is 0. The largest absolute Gasteiger partial charge is 0.480 e. The number of rotatable bonds is 8. The lowest BCUT2D eigenvalue weighted by Crippen LogP contribution is -2.49. The molecule has 0 radical (unpaired) electrons. The van der Waals surface area contributed by atoms with Crippen LogP contribution >= 0.6 is 0 Å². The predicted octanol–water partition coefficient (Wildman–Crippen LogP) is 0.700. The first-order valence-electron chi connectivity index (χ1n) is 6.84. The number of aliphatic carboxylic acids is 1. The molecule has 0 saturated carbocycles. The highest BCUT2D eigenvalue weighted by atomic mass is 16.4. The Balaban J connectivity index is 3.99. The summed E-state index contributed by atoms with van der Waals surface area (Å²) in [4.78, 5) is 33.9. The van der Waals surface area contributed by atoms with Crippen LogP contribution in [0.3, 0.4) is 0 Å². The number of carbonyl (C=O) groups excluding carboxylic acids is 2. The van der Waals surface area contributed by atoms with E-state index in [1.165, 1.54) is 0 Å². The van der Waals surface area contributed by atoms with E-state index in [0.29, 0.717) is 0 Å². The van der Waals surface area contributed by atoms with E-state index in [9.17, 15) is 14.4 Å². The van der Waals surface area contributed by atoms with E-state index >= 15 is 0 Å². The van der Waals surface area contributed by atoms with Crippen LogP contribution in [0, 0.1) is 5.92 Å². The predicted molar refractivity (Wildman–Crippen MR) is 75.3 cm³/mol. The molecule has 0 bridgehead atoms. The van der Waals surface area contributed by atoms with Gasteiger partial charge >= 0.3 is 12.0 Å². The molecule has 0 aromatic rings. The van der Waals surface area contributed by atoms with Crippen molar-refractivity contribution in [1.29, 1.82) is 0 Å². The Labute approximate surface area is 119 Å². The number of nitrogens with one attached hydrogen (secondary N) is 3. The summed E-state index contributed by atoms with van der Waals surface area (Å²) >= 11 is 0. The molecular weight excluding hydrogens is 262 g/mol. The number of hydrogen-bond acceptors (Lipinski definition) is 3. The molecule has 0 aliphatic heterocycles. The SMILES string of the molecule is CCC(C)NC(=O)CCNC(=O)N[C@H](C(=O)O)C(C)C. The average Bonchev–Trinajstić information content (AvgIpc) is 2.34. The molecule has 0 heterocycles. The van der Waals surface area contributed by atoms with Crippen LogP contribution in [0.4, 0.5) is 4.79 Å². The van der Waals surface area contributed by atoms with Crippen LogP contribution in [0.1, 0.15) is 40.5 Å². The summed E-state index contributed by atoms with van der Waals surface area (Å²) < 4.78 is 0. The lowest BCUT2D eigenvalue weighted by atomic mass is 10.1. The van der Waals surface area contributed by atoms with Crippen molar-refractivity contribution < 1.29 is 19.5 Å². The molecule has 1 unspecified atom stereocenters. The van der Waals surface area contributed by atoms with Crippen LogP contribution in [-0.4, -0.2) is 41.6 Å². The van der Waals surface area contributed by atoms with Gasteiger partial charge in [0.05, 0.1) is 0 Å². The molecule has 7 heteroatoms. The molecule has 3 amide bonds. The maximum absolute atomic E-state index is 11.5. The second kappa shape index (κ2) is 9.17. The first kappa shape index (κ1) is 18.2. The molecule has 0 saturated heterocycles. The van der Waals surface area contributed by atoms with Crippen molar-refractivity contribution in [3.63, 3.8) is 0 Å². The van der Waals surface area contributed by atoms with E-state index in [1.54, 1.807) is 13.8 Å². The van der Waals surface area contributed by atoms with Crippen LogP contribution in [-0.2, 0) is 9.59 Å². The second-order valence-electron chi connectivity index (χ2n) is 5.09. The first-order chi connectivity index (χ1) is 9.27. The van der Waals surface area contributed by atoms with Gasteiger partial charge in [0.25, 0.3) is 0 Å². The Bertz CT molecular complexity index is 345. The topological polar surface area (TPSA) is 108 Å². The summed E-state index contributed by atoms with van der Waals surface area (Å²) in [5, 5.41) is 16.5. The van der Waals surface area contributed by atoms with Gasteiger partial charge in [-0.1, -0.05) is 20.8 Å². The van der Waals surface area contributed by atoms with E-state index in [4.69, 9.17) is 5.11 Å². The van der Waals surface area contributed by atoms with E-state index in [1.807, 2.05) is 13.8 Å². The first-order valence-corrected chi connectivity index (χ1v) is 6.84. The molecular formula is C13H25N3O4. The molecule has 0 spiro atoms. The lowest BCUT2D eigenvalue weighted by molar-refractivity contribution is -0.140. The zero-order valence-electron chi connectivity index (χ0n) is 12.5. The van der Waals surface area contributed by atoms with Gasteiger partial charge in [-0.2, -0.15) is 0 Å². The molecule has 4 N–H and O–H groups in total. The average molecular weight is 287 g/mol. The highest BCUT2D eigenvalue weighted by molar-refractivity contribution is 5.83. The summed E-state index contributed by atoms with van der Waals surface area (Å²) in [5.74, 6) is -1.44. The minimum Gasteiger partial charge on any atom is -0.480 e. The fourth-order valence-corrected chi connectivity index (χ4v) is 1.44. The third-order valence-electron chi connectivity index (χ3n) is 2.88. The van der Waals surface area contributed by atoms with Gasteiger partial charge in [0.15, 0.2) is 0 Å². The minimum atomic E-state index is -1.08. The minimum absolute atomic E-state index is 0.105. The zero-order valence-corrected chi connectivity index (χ0v) is 12.5. The van der Waals surface area contributed by atoms with Crippen LogP contribution in [0.2, 0.25) is 0 Å². The second-order valence-corrected chi connectivity index (χ2v) is 5.09. The third-order valence-corrected chi connectivity index (χ3v) is 2.88. The third kappa shape index (κ3) is 7.60. The van der Waals surface area contributed by atoms with Crippen molar-refractivity contribution in [2.75, 3.05) is 6.54 Å². The van der Waals surface area contributed by atoms with Gasteiger partial charge in [0, 0.05) is 19.0 Å². The van der Waals surface area contributed by atoms with Crippen molar-refractivity contribution >= 4 is 17.9 Å². The van der Waals surface area contributed by atoms with Gasteiger partial charge in [0.1, 0.15) is 6.04 Å². The monoisotopic (exact) mass is 287 g/mol. The van der Waals surface area contributed by atoms with Crippen LogP contribution in [0.5, 0.6) is 0 Å². The molecule has 20 heavy (non-hydrogen) atoms. The van der Waals surface area contributed by atoms with Gasteiger partial charge < -0.3 is 21.1 Å². The van der Waals surface area contributed by atoms with Crippen molar-refractivity contribution in [1.82, 2.24) is 16.0 Å². The quantitative estimate of drug-likeness (QED) is 0.527. The normalized spacial score (nSPS) is 13.4. The lowest BCUT2D eigenvalue weighted by Gasteiger charge is -2.18. The Hall–Kier alpha value is -1.79. The molecule has 0 aromatic carbocycles. The van der Waals surface area contributed by atoms with Gasteiger partial charge in [-0.3, -0.25) is 4.79 Å². The smallest absolute Gasteiger partial charge is 0.326 e. The van der Waals surface area contributed by atoms with Gasteiger partial charge in [-0.05, 0) is 19.3 Å². The summed E-state index contributed by atoms with van der Waals surface area (Å²) in [6, 6.07) is -1.42. The van der Waals surface area contributed by atoms with E-state index < -0.39 is 18.0 Å². The summed E-state index contributed by atoms with van der Waals surface area (Å²) in [6.07, 6.45) is 1.01. The zero-order chi connectivity index (χ0) is 15.7. The molecule has 0 fully saturated rings. The van der Waals surface area contributed by atoms with Crippen molar-refractivity contribution in [3.8, 4) is 0 Å². The Morgan fingerprint density at radius 2 is 1.70 bits per heavy atom. The molecule has 2 atom stereocenters. The Morgan fingerprint density at radius 1 is 1.10 bits per heavy atom. The van der Waals surface area contributed by atoms with Crippen molar-refractivity contribution in [2.45, 2.75) is 52.6 Å². The van der Waals surface area contributed by atoms with Gasteiger partial charge in [0.2, 0.25) is 5.91 Å². The molecule has 0 aliphatic carbocycles. The van der Waals surface area contributed by atoms with Crippen LogP contribution in [0.15, 0.2) is 0 Å². The Kier molecular flexibility index (Phi) is 8.35. The fourth-order valence-electron chi connectivity index (χ4n) is 1.44. The maximum atomic E-state index is 11.5. The van der Waals surface area contributed by atoms with Crippen LogP contribution < -0.4 is 16.0 Å². The highest BCUT2D eigenvalue weighted by Gasteiger charge is 2.23. The van der Waals surface area contributed by atoms with E-state index in [0.717, 1.165) is 6.42 Å². The van der Waals surface area contributed by atoms with Gasteiger partial charge in [-0.15, -0.1) is 0 Å². The van der Waals surface area contributed by atoms with Crippen LogP contribution in [0.25, 0.3) is 0 Å². The van der Waals surface area contributed by atoms with E-state index in [-0.39, 0.29) is 30.8 Å². The number of carbonyl (C=O) groups is 3. The highest BCUT2D eigenvalue weighted by Crippen LogP contribution is 2.01. The molecule has 7 nitrogen and oxygen atoms in total. The summed E-state index contributed by atoms with van der Waals surface area (Å²) in [5.41, 5.74) is 0. The molecule has 0 aromatic heterocycles. The van der Waals surface area contributed by atoms with Gasteiger partial charge in [-0.25, -0.2) is 9.59 Å². The summed E-state index contributed by atoms with van der Waals surface area (Å²) in [6.45, 7) is 7.45. The number of carboxylic acids is 1.